The number of nitrogens with one attached hydrogen (secondary N) is 1. The number of hydrogen-bond donors (Lipinski definition) is 1. The van der Waals surface area contributed by atoms with Gasteiger partial charge in [0.25, 0.3) is 0 Å². The first-order valence-electron chi connectivity index (χ1n) is 8.63. The lowest BCUT2D eigenvalue weighted by Crippen LogP contribution is -2.35. The summed E-state index contributed by atoms with van der Waals surface area (Å²) in [5.74, 6) is 1.37. The molecular weight excluding hydrogens is 304 g/mol. The minimum Gasteiger partial charge on any atom is -0.423 e. The van der Waals surface area contributed by atoms with Crippen LogP contribution in [0.2, 0.25) is 0 Å². The summed E-state index contributed by atoms with van der Waals surface area (Å²) in [7, 11) is 0. The largest absolute Gasteiger partial charge is 0.423 e. The van der Waals surface area contributed by atoms with Gasteiger partial charge in [0.2, 0.25) is 0 Å². The van der Waals surface area contributed by atoms with E-state index < -0.39 is 0 Å². The summed E-state index contributed by atoms with van der Waals surface area (Å²) in [6.07, 6.45) is 3.31. The zero-order valence-corrected chi connectivity index (χ0v) is 14.2. The molecular formula is C19H24N2O3. The van der Waals surface area contributed by atoms with Gasteiger partial charge >= 0.3 is 11.7 Å². The molecule has 0 aliphatic carbocycles. The van der Waals surface area contributed by atoms with Gasteiger partial charge in [0.15, 0.2) is 0 Å². The fourth-order valence-electron chi connectivity index (χ4n) is 3.34. The topological polar surface area (TPSA) is 62.6 Å². The molecule has 1 N–H and O–H groups in total. The molecule has 0 spiro atoms. The maximum Gasteiger partial charge on any atom is 0.336 e. The summed E-state index contributed by atoms with van der Waals surface area (Å²) < 4.78 is 5.11. The fourth-order valence-corrected chi connectivity index (χ4v) is 3.34. The third-order valence-corrected chi connectivity index (χ3v) is 4.87. The van der Waals surface area contributed by atoms with Crippen LogP contribution in [0.15, 0.2) is 39.5 Å². The van der Waals surface area contributed by atoms with Gasteiger partial charge in [-0.3, -0.25) is 0 Å². The smallest absolute Gasteiger partial charge is 0.336 e. The van der Waals surface area contributed by atoms with E-state index in [1.165, 1.54) is 12.5 Å². The average Bonchev–Trinajstić information content (AvgIpc) is 2.81. The number of benzene rings is 1. The molecule has 2 aromatic rings. The minimum absolute atomic E-state index is 0.0591. The first kappa shape index (κ1) is 16.6. The maximum atomic E-state index is 12.5. The van der Waals surface area contributed by atoms with E-state index in [1.807, 2.05) is 11.0 Å². The SMILES string of the molecule is CC(C)[C@H]1CCCN(C(=O)Nc2ccc3oc(=O)ccc3c2)CC1. The van der Waals surface area contributed by atoms with Gasteiger partial charge in [0.05, 0.1) is 0 Å². The molecule has 1 fully saturated rings. The Morgan fingerprint density at radius 2 is 2.04 bits per heavy atom. The summed E-state index contributed by atoms with van der Waals surface area (Å²) in [6, 6.07) is 8.33. The predicted octanol–water partition coefficient (Wildman–Crippen LogP) is 4.08. The summed E-state index contributed by atoms with van der Waals surface area (Å²) in [4.78, 5) is 25.6. The number of carbonyl (C=O) groups excluding carboxylic acids is 1. The van der Waals surface area contributed by atoms with E-state index in [0.717, 1.165) is 31.3 Å². The monoisotopic (exact) mass is 328 g/mol. The number of anilines is 1. The number of fused-ring (bicyclic) bond motifs is 1. The Labute approximate surface area is 141 Å². The molecule has 0 saturated carbocycles. The molecule has 0 bridgehead atoms. The van der Waals surface area contributed by atoms with E-state index in [-0.39, 0.29) is 11.7 Å². The van der Waals surface area contributed by atoms with Crippen LogP contribution in [-0.2, 0) is 0 Å². The van der Waals surface area contributed by atoms with Crippen molar-refractivity contribution >= 4 is 22.7 Å². The Bertz CT molecular complexity index is 782. The number of likely N-dealkylation sites (tertiary alicyclic amines) is 1. The van der Waals surface area contributed by atoms with Crippen molar-refractivity contribution in [3.63, 3.8) is 0 Å². The molecule has 1 atom stereocenters. The average molecular weight is 328 g/mol. The summed E-state index contributed by atoms with van der Waals surface area (Å²) in [5.41, 5.74) is 0.865. The number of rotatable bonds is 2. The highest BCUT2D eigenvalue weighted by atomic mass is 16.4. The third-order valence-electron chi connectivity index (χ3n) is 4.87. The summed E-state index contributed by atoms with van der Waals surface area (Å²) in [5, 5.41) is 3.75. The van der Waals surface area contributed by atoms with Gasteiger partial charge in [-0.15, -0.1) is 0 Å². The van der Waals surface area contributed by atoms with Gasteiger partial charge in [-0.05, 0) is 55.4 Å². The number of hydrogen-bond acceptors (Lipinski definition) is 3. The second-order valence-electron chi connectivity index (χ2n) is 6.86. The molecule has 5 heteroatoms. The standard InChI is InChI=1S/C19H24N2O3/c1-13(2)14-4-3-10-21(11-9-14)19(23)20-16-6-7-17-15(12-16)5-8-18(22)24-17/h5-8,12-14H,3-4,9-11H2,1-2H3,(H,20,23)/t14-/m0/s1. The molecule has 2 heterocycles. The molecule has 1 aromatic carbocycles. The van der Waals surface area contributed by atoms with Crippen LogP contribution >= 0.6 is 0 Å². The molecule has 24 heavy (non-hydrogen) atoms. The molecule has 1 aliphatic heterocycles. The van der Waals surface area contributed by atoms with Crippen molar-refractivity contribution in [2.45, 2.75) is 33.1 Å². The molecule has 1 aliphatic rings. The van der Waals surface area contributed by atoms with E-state index in [1.54, 1.807) is 18.2 Å². The molecule has 0 radical (unpaired) electrons. The molecule has 0 unspecified atom stereocenters. The zero-order chi connectivity index (χ0) is 17.1. The highest BCUT2D eigenvalue weighted by molar-refractivity contribution is 5.92. The Kier molecular flexibility index (Phi) is 4.88. The highest BCUT2D eigenvalue weighted by Gasteiger charge is 2.22. The van der Waals surface area contributed by atoms with Crippen molar-refractivity contribution in [3.05, 3.63) is 40.8 Å². The van der Waals surface area contributed by atoms with Gasteiger partial charge in [0.1, 0.15) is 5.58 Å². The third kappa shape index (κ3) is 3.78. The number of nitrogens with zero attached hydrogens (tertiary/aromatic N) is 1. The van der Waals surface area contributed by atoms with Crippen molar-refractivity contribution in [1.82, 2.24) is 4.90 Å². The van der Waals surface area contributed by atoms with Crippen LogP contribution in [0.4, 0.5) is 10.5 Å². The Morgan fingerprint density at radius 3 is 2.83 bits per heavy atom. The second-order valence-corrected chi connectivity index (χ2v) is 6.86. The molecule has 128 valence electrons. The zero-order valence-electron chi connectivity index (χ0n) is 14.2. The van der Waals surface area contributed by atoms with Crippen LogP contribution in [0.3, 0.4) is 0 Å². The van der Waals surface area contributed by atoms with Crippen LogP contribution in [0.25, 0.3) is 11.0 Å². The lowest BCUT2D eigenvalue weighted by molar-refractivity contribution is 0.212. The van der Waals surface area contributed by atoms with Crippen LogP contribution in [0, 0.1) is 11.8 Å². The van der Waals surface area contributed by atoms with Gasteiger partial charge in [-0.2, -0.15) is 0 Å². The van der Waals surface area contributed by atoms with Crippen molar-refractivity contribution in [2.24, 2.45) is 11.8 Å². The van der Waals surface area contributed by atoms with Crippen molar-refractivity contribution < 1.29 is 9.21 Å². The second kappa shape index (κ2) is 7.07. The molecule has 1 aromatic heterocycles. The number of carbonyl (C=O) groups is 1. The van der Waals surface area contributed by atoms with Gasteiger partial charge in [-0.25, -0.2) is 9.59 Å². The number of amides is 2. The van der Waals surface area contributed by atoms with Gasteiger partial charge < -0.3 is 14.6 Å². The van der Waals surface area contributed by atoms with Crippen molar-refractivity contribution in [3.8, 4) is 0 Å². The quantitative estimate of drug-likeness (QED) is 0.845. The summed E-state index contributed by atoms with van der Waals surface area (Å²) >= 11 is 0. The molecule has 2 amide bonds. The Morgan fingerprint density at radius 1 is 1.21 bits per heavy atom. The van der Waals surface area contributed by atoms with Crippen LogP contribution in [-0.4, -0.2) is 24.0 Å². The Balaban J connectivity index is 1.68. The predicted molar refractivity (Wildman–Crippen MR) is 95.3 cm³/mol. The van der Waals surface area contributed by atoms with E-state index in [4.69, 9.17) is 4.42 Å². The first-order valence-corrected chi connectivity index (χ1v) is 8.63. The first-order chi connectivity index (χ1) is 11.5. The maximum absolute atomic E-state index is 12.5. The highest BCUT2D eigenvalue weighted by Crippen LogP contribution is 2.25. The molecule has 5 nitrogen and oxygen atoms in total. The normalized spacial score (nSPS) is 18.6. The van der Waals surface area contributed by atoms with Crippen molar-refractivity contribution in [1.29, 1.82) is 0 Å². The van der Waals surface area contributed by atoms with Crippen LogP contribution in [0.5, 0.6) is 0 Å². The number of urea groups is 1. The van der Waals surface area contributed by atoms with Crippen LogP contribution < -0.4 is 10.9 Å². The van der Waals surface area contributed by atoms with Crippen molar-refractivity contribution in [2.75, 3.05) is 18.4 Å². The van der Waals surface area contributed by atoms with E-state index in [2.05, 4.69) is 19.2 Å². The minimum atomic E-state index is -0.372. The van der Waals surface area contributed by atoms with E-state index >= 15 is 0 Å². The lowest BCUT2D eigenvalue weighted by Gasteiger charge is -2.22. The Hall–Kier alpha value is -2.30. The fraction of sp³-hybridized carbons (Fsp3) is 0.474. The van der Waals surface area contributed by atoms with Gasteiger partial charge in [-0.1, -0.05) is 13.8 Å². The molecule has 1 saturated heterocycles. The summed E-state index contributed by atoms with van der Waals surface area (Å²) in [6.45, 7) is 6.12. The lowest BCUT2D eigenvalue weighted by atomic mass is 9.89. The molecule has 3 rings (SSSR count). The van der Waals surface area contributed by atoms with Gasteiger partial charge in [0, 0.05) is 30.2 Å². The van der Waals surface area contributed by atoms with Crippen LogP contribution in [0.1, 0.15) is 33.1 Å². The van der Waals surface area contributed by atoms with E-state index in [0.29, 0.717) is 23.1 Å². The van der Waals surface area contributed by atoms with E-state index in [9.17, 15) is 9.59 Å².